The van der Waals surface area contributed by atoms with Crippen molar-refractivity contribution in [1.29, 1.82) is 0 Å². The first-order chi connectivity index (χ1) is 10.2. The number of esters is 1. The summed E-state index contributed by atoms with van der Waals surface area (Å²) in [5.74, 6) is -0.333. The van der Waals surface area contributed by atoms with Crippen LogP contribution in [0.4, 0.5) is 5.69 Å². The fourth-order valence-corrected chi connectivity index (χ4v) is 4.17. The molecule has 0 unspecified atom stereocenters. The molecule has 0 saturated heterocycles. The van der Waals surface area contributed by atoms with Gasteiger partial charge in [-0.1, -0.05) is 6.92 Å². The molecule has 0 radical (unpaired) electrons. The average molecular weight is 304 g/mol. The van der Waals surface area contributed by atoms with Crippen LogP contribution in [-0.4, -0.2) is 17.6 Å². The van der Waals surface area contributed by atoms with E-state index in [9.17, 15) is 4.79 Å². The van der Waals surface area contributed by atoms with Crippen LogP contribution >= 0.6 is 11.3 Å². The number of hydrogen-bond donors (Lipinski definition) is 1. The van der Waals surface area contributed by atoms with Crippen molar-refractivity contribution in [1.82, 2.24) is 4.98 Å². The van der Waals surface area contributed by atoms with E-state index >= 15 is 0 Å². The van der Waals surface area contributed by atoms with Gasteiger partial charge in [0, 0.05) is 11.1 Å². The minimum atomic E-state index is -0.333. The van der Waals surface area contributed by atoms with Crippen LogP contribution in [0, 0.1) is 0 Å². The fourth-order valence-electron chi connectivity index (χ4n) is 3.13. The number of aryl methyl sites for hydroxylation is 2. The molecule has 0 amide bonds. The quantitative estimate of drug-likeness (QED) is 0.881. The third-order valence-electron chi connectivity index (χ3n) is 4.08. The molecular formula is C16H20N2O2S. The molecule has 3 rings (SSSR count). The van der Waals surface area contributed by atoms with Gasteiger partial charge in [-0.3, -0.25) is 0 Å². The van der Waals surface area contributed by atoms with Crippen molar-refractivity contribution in [3.63, 3.8) is 0 Å². The lowest BCUT2D eigenvalue weighted by Crippen LogP contribution is -2.09. The van der Waals surface area contributed by atoms with E-state index in [0.29, 0.717) is 17.2 Å². The molecule has 2 aromatic rings. The lowest BCUT2D eigenvalue weighted by Gasteiger charge is -2.19. The Labute approximate surface area is 128 Å². The van der Waals surface area contributed by atoms with E-state index in [1.165, 1.54) is 35.3 Å². The Morgan fingerprint density at radius 3 is 2.67 bits per heavy atom. The molecule has 0 bridgehead atoms. The molecule has 2 N–H and O–H groups in total. The minimum absolute atomic E-state index is 0.333. The smallest absolute Gasteiger partial charge is 0.350 e. The zero-order chi connectivity index (χ0) is 15.0. The number of nitrogens with zero attached hydrogens (tertiary/aromatic N) is 1. The van der Waals surface area contributed by atoms with Crippen LogP contribution in [0.25, 0.3) is 10.2 Å². The van der Waals surface area contributed by atoms with Crippen molar-refractivity contribution in [2.45, 2.75) is 46.0 Å². The Bertz CT molecular complexity index is 706. The predicted octanol–water partition coefficient (Wildman–Crippen LogP) is 3.50. The molecule has 112 valence electrons. The minimum Gasteiger partial charge on any atom is -0.462 e. The summed E-state index contributed by atoms with van der Waals surface area (Å²) in [5.41, 5.74) is 10.6. The number of fused-ring (bicyclic) bond motifs is 3. The van der Waals surface area contributed by atoms with E-state index in [1.54, 1.807) is 6.92 Å². The lowest BCUT2D eigenvalue weighted by atomic mass is 9.88. The SMILES string of the molecule is CCOC(=O)c1sc2nc(CC)c3c(c2c1N)CCCC3. The molecule has 0 aromatic carbocycles. The highest BCUT2D eigenvalue weighted by Gasteiger charge is 2.25. The van der Waals surface area contributed by atoms with E-state index in [2.05, 4.69) is 6.92 Å². The van der Waals surface area contributed by atoms with E-state index in [-0.39, 0.29) is 5.97 Å². The number of thiophene rings is 1. The van der Waals surface area contributed by atoms with Gasteiger partial charge in [-0.05, 0) is 50.2 Å². The number of pyridine rings is 1. The van der Waals surface area contributed by atoms with Gasteiger partial charge in [0.05, 0.1) is 12.3 Å². The monoisotopic (exact) mass is 304 g/mol. The van der Waals surface area contributed by atoms with Crippen LogP contribution < -0.4 is 5.73 Å². The van der Waals surface area contributed by atoms with Crippen LogP contribution in [-0.2, 0) is 24.0 Å². The molecule has 4 nitrogen and oxygen atoms in total. The van der Waals surface area contributed by atoms with Gasteiger partial charge >= 0.3 is 5.97 Å². The molecule has 2 heterocycles. The van der Waals surface area contributed by atoms with Crippen LogP contribution in [0.15, 0.2) is 0 Å². The molecule has 21 heavy (non-hydrogen) atoms. The molecule has 2 aromatic heterocycles. The van der Waals surface area contributed by atoms with Crippen molar-refractivity contribution < 1.29 is 9.53 Å². The topological polar surface area (TPSA) is 65.2 Å². The molecule has 0 atom stereocenters. The third kappa shape index (κ3) is 2.29. The number of aromatic nitrogens is 1. The van der Waals surface area contributed by atoms with Gasteiger partial charge in [0.15, 0.2) is 0 Å². The van der Waals surface area contributed by atoms with Gasteiger partial charge in [-0.2, -0.15) is 0 Å². The van der Waals surface area contributed by atoms with Crippen molar-refractivity contribution in [3.05, 3.63) is 21.7 Å². The zero-order valence-corrected chi connectivity index (χ0v) is 13.3. The first-order valence-electron chi connectivity index (χ1n) is 7.57. The zero-order valence-electron chi connectivity index (χ0n) is 12.5. The lowest BCUT2D eigenvalue weighted by molar-refractivity contribution is 0.0533. The second-order valence-corrected chi connectivity index (χ2v) is 6.32. The second-order valence-electron chi connectivity index (χ2n) is 5.32. The van der Waals surface area contributed by atoms with E-state index < -0.39 is 0 Å². The van der Waals surface area contributed by atoms with E-state index in [1.807, 2.05) is 0 Å². The second kappa shape index (κ2) is 5.64. The van der Waals surface area contributed by atoms with Crippen LogP contribution in [0.1, 0.15) is 53.2 Å². The molecule has 0 aliphatic heterocycles. The van der Waals surface area contributed by atoms with Crippen molar-refractivity contribution >= 4 is 33.2 Å². The van der Waals surface area contributed by atoms with Gasteiger partial charge in [0.25, 0.3) is 0 Å². The molecule has 1 aliphatic carbocycles. The van der Waals surface area contributed by atoms with Gasteiger partial charge < -0.3 is 10.5 Å². The van der Waals surface area contributed by atoms with Crippen molar-refractivity contribution in [2.75, 3.05) is 12.3 Å². The highest BCUT2D eigenvalue weighted by molar-refractivity contribution is 7.21. The fraction of sp³-hybridized carbons (Fsp3) is 0.500. The normalized spacial score (nSPS) is 14.2. The molecular weight excluding hydrogens is 284 g/mol. The molecule has 0 spiro atoms. The number of hydrogen-bond acceptors (Lipinski definition) is 5. The number of carbonyl (C=O) groups excluding carboxylic acids is 1. The first kappa shape index (κ1) is 14.3. The highest BCUT2D eigenvalue weighted by atomic mass is 32.1. The first-order valence-corrected chi connectivity index (χ1v) is 8.38. The van der Waals surface area contributed by atoms with E-state index in [0.717, 1.165) is 35.2 Å². The number of carbonyl (C=O) groups is 1. The summed E-state index contributed by atoms with van der Waals surface area (Å²) in [6, 6.07) is 0. The summed E-state index contributed by atoms with van der Waals surface area (Å²) < 4.78 is 5.10. The number of ether oxygens (including phenoxy) is 1. The van der Waals surface area contributed by atoms with Gasteiger partial charge in [0.2, 0.25) is 0 Å². The standard InChI is InChI=1S/C16H20N2O2S/c1-3-11-9-7-5-6-8-10(9)12-13(17)14(16(19)20-4-2)21-15(12)18-11/h3-8,17H2,1-2H3. The Balaban J connectivity index is 2.24. The Morgan fingerprint density at radius 1 is 1.29 bits per heavy atom. The Morgan fingerprint density at radius 2 is 2.00 bits per heavy atom. The Hall–Kier alpha value is -1.62. The molecule has 1 aliphatic rings. The number of anilines is 1. The maximum atomic E-state index is 12.0. The Kier molecular flexibility index (Phi) is 3.85. The largest absolute Gasteiger partial charge is 0.462 e. The number of nitrogens with two attached hydrogens (primary N) is 1. The summed E-state index contributed by atoms with van der Waals surface area (Å²) in [6.07, 6.45) is 5.42. The molecule has 5 heteroatoms. The van der Waals surface area contributed by atoms with Crippen LogP contribution in [0.2, 0.25) is 0 Å². The third-order valence-corrected chi connectivity index (χ3v) is 5.16. The highest BCUT2D eigenvalue weighted by Crippen LogP contribution is 2.40. The molecule has 0 fully saturated rings. The summed E-state index contributed by atoms with van der Waals surface area (Å²) in [7, 11) is 0. The average Bonchev–Trinajstić information content (AvgIpc) is 2.84. The maximum Gasteiger partial charge on any atom is 0.350 e. The van der Waals surface area contributed by atoms with Gasteiger partial charge in [0.1, 0.15) is 9.71 Å². The summed E-state index contributed by atoms with van der Waals surface area (Å²) in [6.45, 7) is 4.29. The number of nitrogen functional groups attached to an aromatic ring is 1. The summed E-state index contributed by atoms with van der Waals surface area (Å²) in [5, 5.41) is 0.995. The van der Waals surface area contributed by atoms with Crippen LogP contribution in [0.3, 0.4) is 0 Å². The summed E-state index contributed by atoms with van der Waals surface area (Å²) in [4.78, 5) is 18.2. The van der Waals surface area contributed by atoms with E-state index in [4.69, 9.17) is 15.5 Å². The van der Waals surface area contributed by atoms with Gasteiger partial charge in [-0.25, -0.2) is 9.78 Å². The van der Waals surface area contributed by atoms with Crippen molar-refractivity contribution in [2.24, 2.45) is 0 Å². The maximum absolute atomic E-state index is 12.0. The predicted molar refractivity (Wildman–Crippen MR) is 86.0 cm³/mol. The van der Waals surface area contributed by atoms with Crippen molar-refractivity contribution in [3.8, 4) is 0 Å². The van der Waals surface area contributed by atoms with Gasteiger partial charge in [-0.15, -0.1) is 11.3 Å². The molecule has 0 saturated carbocycles. The van der Waals surface area contributed by atoms with Crippen LogP contribution in [0.5, 0.6) is 0 Å². The summed E-state index contributed by atoms with van der Waals surface area (Å²) >= 11 is 1.36. The number of rotatable bonds is 3.